The normalized spacial score (nSPS) is 18.8. The summed E-state index contributed by atoms with van der Waals surface area (Å²) in [6, 6.07) is 12.7. The summed E-state index contributed by atoms with van der Waals surface area (Å²) in [6.45, 7) is 6.79. The number of halogens is 1. The number of nitrogens with zero attached hydrogens (tertiary/aromatic N) is 1. The van der Waals surface area contributed by atoms with Crippen molar-refractivity contribution in [3.63, 3.8) is 0 Å². The third-order valence-corrected chi connectivity index (χ3v) is 5.05. The van der Waals surface area contributed by atoms with Gasteiger partial charge in [0.2, 0.25) is 0 Å². The lowest BCUT2D eigenvalue weighted by Gasteiger charge is -2.26. The molecule has 0 aromatic heterocycles. The van der Waals surface area contributed by atoms with Gasteiger partial charge in [-0.15, -0.1) is 0 Å². The van der Waals surface area contributed by atoms with Crippen LogP contribution in [0.25, 0.3) is 0 Å². The standard InChI is InChI=1S/C23H26ClNO5/c1-4-29-19-8-6-5-7-16(19)22-17-11-15(24)9-10-18(17)25(13-14(2)3)23(28)20(30-22)12-21(26)27/h5-11,14,20,22H,4,12-13H2,1-3H3,(H,26,27)/t20-,22-/m0/s1. The van der Waals surface area contributed by atoms with Gasteiger partial charge in [0.15, 0.2) is 0 Å². The molecule has 1 heterocycles. The second kappa shape index (κ2) is 9.49. The molecule has 0 aliphatic carbocycles. The van der Waals surface area contributed by atoms with Gasteiger partial charge in [0.25, 0.3) is 5.91 Å². The van der Waals surface area contributed by atoms with Gasteiger partial charge < -0.3 is 19.5 Å². The average Bonchev–Trinajstić information content (AvgIpc) is 2.78. The number of carboxylic acids is 1. The first-order valence-corrected chi connectivity index (χ1v) is 10.4. The summed E-state index contributed by atoms with van der Waals surface area (Å²) in [7, 11) is 0. The molecule has 0 spiro atoms. The fourth-order valence-electron chi connectivity index (χ4n) is 3.64. The van der Waals surface area contributed by atoms with Crippen LogP contribution in [0.4, 0.5) is 5.69 Å². The monoisotopic (exact) mass is 431 g/mol. The fourth-order valence-corrected chi connectivity index (χ4v) is 3.82. The maximum Gasteiger partial charge on any atom is 0.306 e. The molecular weight excluding hydrogens is 406 g/mol. The number of ether oxygens (including phenoxy) is 2. The Bertz CT molecular complexity index is 930. The van der Waals surface area contributed by atoms with Crippen molar-refractivity contribution in [2.75, 3.05) is 18.1 Å². The summed E-state index contributed by atoms with van der Waals surface area (Å²) in [5, 5.41) is 9.91. The van der Waals surface area contributed by atoms with Crippen molar-refractivity contribution in [2.45, 2.75) is 39.4 Å². The fraction of sp³-hybridized carbons (Fsp3) is 0.391. The van der Waals surface area contributed by atoms with Gasteiger partial charge in [0.05, 0.1) is 13.0 Å². The van der Waals surface area contributed by atoms with E-state index in [1.807, 2.05) is 45.0 Å². The van der Waals surface area contributed by atoms with E-state index in [9.17, 15) is 14.7 Å². The van der Waals surface area contributed by atoms with E-state index in [4.69, 9.17) is 21.1 Å². The minimum Gasteiger partial charge on any atom is -0.493 e. The van der Waals surface area contributed by atoms with Crippen LogP contribution in [0.1, 0.15) is 44.4 Å². The van der Waals surface area contributed by atoms with E-state index in [1.165, 1.54) is 0 Å². The molecule has 1 amide bonds. The molecule has 0 radical (unpaired) electrons. The lowest BCUT2D eigenvalue weighted by molar-refractivity contribution is -0.147. The third kappa shape index (κ3) is 4.77. The molecule has 1 aliphatic heterocycles. The molecule has 0 saturated carbocycles. The lowest BCUT2D eigenvalue weighted by Crippen LogP contribution is -2.42. The third-order valence-electron chi connectivity index (χ3n) is 4.81. The molecular formula is C23H26ClNO5. The highest BCUT2D eigenvalue weighted by Crippen LogP contribution is 2.42. The molecule has 1 aliphatic rings. The Morgan fingerprint density at radius 3 is 2.63 bits per heavy atom. The van der Waals surface area contributed by atoms with Crippen LogP contribution < -0.4 is 9.64 Å². The van der Waals surface area contributed by atoms with Gasteiger partial charge in [-0.2, -0.15) is 0 Å². The minimum absolute atomic E-state index is 0.176. The minimum atomic E-state index is -1.13. The van der Waals surface area contributed by atoms with Crippen molar-refractivity contribution in [1.82, 2.24) is 0 Å². The summed E-state index contributed by atoms with van der Waals surface area (Å²) in [4.78, 5) is 26.4. The lowest BCUT2D eigenvalue weighted by atomic mass is 9.98. The van der Waals surface area contributed by atoms with Crippen LogP contribution in [0.3, 0.4) is 0 Å². The second-order valence-electron chi connectivity index (χ2n) is 7.62. The predicted octanol–water partition coefficient (Wildman–Crippen LogP) is 4.69. The Labute approximate surface area is 181 Å². The zero-order valence-electron chi connectivity index (χ0n) is 17.3. The highest BCUT2D eigenvalue weighted by molar-refractivity contribution is 6.30. The molecule has 2 aromatic rings. The number of carbonyl (C=O) groups excluding carboxylic acids is 1. The van der Waals surface area contributed by atoms with Gasteiger partial charge in [-0.3, -0.25) is 9.59 Å². The molecule has 0 unspecified atom stereocenters. The van der Waals surface area contributed by atoms with Gasteiger partial charge in [-0.1, -0.05) is 43.6 Å². The summed E-state index contributed by atoms with van der Waals surface area (Å²) < 4.78 is 12.0. The topological polar surface area (TPSA) is 76.1 Å². The van der Waals surface area contributed by atoms with Gasteiger partial charge in [0.1, 0.15) is 18.0 Å². The largest absolute Gasteiger partial charge is 0.493 e. The Morgan fingerprint density at radius 1 is 1.23 bits per heavy atom. The molecule has 0 fully saturated rings. The number of fused-ring (bicyclic) bond motifs is 1. The highest BCUT2D eigenvalue weighted by Gasteiger charge is 2.38. The number of rotatable bonds is 7. The number of anilines is 1. The Kier molecular flexibility index (Phi) is 7.00. The summed E-state index contributed by atoms with van der Waals surface area (Å²) in [5.41, 5.74) is 2.09. The van der Waals surface area contributed by atoms with Gasteiger partial charge in [-0.25, -0.2) is 0 Å². The van der Waals surface area contributed by atoms with E-state index in [0.29, 0.717) is 35.2 Å². The molecule has 2 atom stereocenters. The van der Waals surface area contributed by atoms with E-state index >= 15 is 0 Å². The van der Waals surface area contributed by atoms with Crippen LogP contribution in [-0.2, 0) is 14.3 Å². The van der Waals surface area contributed by atoms with Crippen molar-refractivity contribution in [3.05, 3.63) is 58.6 Å². The first kappa shape index (κ1) is 22.1. The van der Waals surface area contributed by atoms with E-state index in [1.54, 1.807) is 23.1 Å². The Hall–Kier alpha value is -2.57. The van der Waals surface area contributed by atoms with E-state index in [-0.39, 0.29) is 11.8 Å². The zero-order chi connectivity index (χ0) is 21.8. The number of benzene rings is 2. The molecule has 160 valence electrons. The molecule has 7 heteroatoms. The maximum atomic E-state index is 13.3. The number of aliphatic carboxylic acids is 1. The highest BCUT2D eigenvalue weighted by atomic mass is 35.5. The van der Waals surface area contributed by atoms with Gasteiger partial charge in [-0.05, 0) is 37.1 Å². The Balaban J connectivity index is 2.21. The van der Waals surface area contributed by atoms with E-state index < -0.39 is 24.6 Å². The van der Waals surface area contributed by atoms with Crippen molar-refractivity contribution in [1.29, 1.82) is 0 Å². The molecule has 30 heavy (non-hydrogen) atoms. The molecule has 2 aromatic carbocycles. The van der Waals surface area contributed by atoms with Crippen LogP contribution in [0, 0.1) is 5.92 Å². The summed E-state index contributed by atoms with van der Waals surface area (Å²) >= 11 is 6.31. The number of hydrogen-bond donors (Lipinski definition) is 1. The number of carbonyl (C=O) groups is 2. The smallest absolute Gasteiger partial charge is 0.306 e. The molecule has 0 saturated heterocycles. The van der Waals surface area contributed by atoms with E-state index in [2.05, 4.69) is 0 Å². The average molecular weight is 432 g/mol. The number of hydrogen-bond acceptors (Lipinski definition) is 4. The first-order chi connectivity index (χ1) is 14.3. The van der Waals surface area contributed by atoms with Crippen molar-refractivity contribution >= 4 is 29.2 Å². The molecule has 0 bridgehead atoms. The van der Waals surface area contributed by atoms with Gasteiger partial charge in [0, 0.05) is 28.4 Å². The zero-order valence-corrected chi connectivity index (χ0v) is 18.1. The summed E-state index contributed by atoms with van der Waals surface area (Å²) in [5.74, 6) is -0.672. The van der Waals surface area contributed by atoms with Crippen LogP contribution in [0.15, 0.2) is 42.5 Å². The van der Waals surface area contributed by atoms with Crippen molar-refractivity contribution < 1.29 is 24.2 Å². The number of amides is 1. The molecule has 1 N–H and O–H groups in total. The second-order valence-corrected chi connectivity index (χ2v) is 8.06. The van der Waals surface area contributed by atoms with E-state index in [0.717, 1.165) is 5.56 Å². The van der Waals surface area contributed by atoms with Crippen molar-refractivity contribution in [2.24, 2.45) is 5.92 Å². The van der Waals surface area contributed by atoms with Crippen LogP contribution >= 0.6 is 11.6 Å². The maximum absolute atomic E-state index is 13.3. The molecule has 3 rings (SSSR count). The number of carboxylic acid groups (broad SMARTS) is 1. The molecule has 6 nitrogen and oxygen atoms in total. The predicted molar refractivity (Wildman–Crippen MR) is 115 cm³/mol. The van der Waals surface area contributed by atoms with Crippen LogP contribution in [-0.4, -0.2) is 36.2 Å². The number of para-hydroxylation sites is 1. The van der Waals surface area contributed by atoms with Crippen LogP contribution in [0.2, 0.25) is 5.02 Å². The van der Waals surface area contributed by atoms with Gasteiger partial charge >= 0.3 is 5.97 Å². The van der Waals surface area contributed by atoms with Crippen molar-refractivity contribution in [3.8, 4) is 5.75 Å². The quantitative estimate of drug-likeness (QED) is 0.688. The summed E-state index contributed by atoms with van der Waals surface area (Å²) in [6.07, 6.45) is -2.26. The Morgan fingerprint density at radius 2 is 1.97 bits per heavy atom. The SMILES string of the molecule is CCOc1ccccc1[C@@H]1O[C@@H](CC(=O)O)C(=O)N(CC(C)C)c2ccc(Cl)cc21. The first-order valence-electron chi connectivity index (χ1n) is 10.0. The van der Waals surface area contributed by atoms with Crippen LogP contribution in [0.5, 0.6) is 5.75 Å².